The number of thiophene rings is 2. The van der Waals surface area contributed by atoms with Crippen molar-refractivity contribution in [3.63, 3.8) is 0 Å². The van der Waals surface area contributed by atoms with E-state index in [9.17, 15) is 10.5 Å². The Hall–Kier alpha value is -11.5. The minimum atomic E-state index is 0.400. The second-order valence-corrected chi connectivity index (χ2v) is 24.9. The lowest BCUT2D eigenvalue weighted by Crippen LogP contribution is -2.11. The first-order chi connectivity index (χ1) is 43.7. The average molecular weight is 1150 g/mol. The zero-order valence-electron chi connectivity index (χ0n) is 46.9. The molecular formula is C80H44N6S2. The van der Waals surface area contributed by atoms with Gasteiger partial charge < -0.3 is 18.3 Å². The summed E-state index contributed by atoms with van der Waals surface area (Å²) in [6, 6.07) is 101. The van der Waals surface area contributed by atoms with Gasteiger partial charge in [0, 0.05) is 96.5 Å². The summed E-state index contributed by atoms with van der Waals surface area (Å²) in [6.07, 6.45) is 0. The van der Waals surface area contributed by atoms with E-state index in [0.29, 0.717) is 28.1 Å². The normalized spacial score (nSPS) is 12.1. The Bertz CT molecular complexity index is 6100. The number of rotatable bonds is 6. The van der Waals surface area contributed by atoms with Gasteiger partial charge in [0.15, 0.2) is 0 Å². The van der Waals surface area contributed by atoms with Gasteiger partial charge in [0.1, 0.15) is 12.1 Å². The van der Waals surface area contributed by atoms with Crippen LogP contribution in [0, 0.1) is 22.7 Å². The summed E-state index contributed by atoms with van der Waals surface area (Å²) >= 11 is 3.58. The van der Waals surface area contributed by atoms with Gasteiger partial charge in [-0.05, 0) is 83.9 Å². The van der Waals surface area contributed by atoms with Gasteiger partial charge in [-0.1, -0.05) is 194 Å². The summed E-state index contributed by atoms with van der Waals surface area (Å²) < 4.78 is 14.1. The van der Waals surface area contributed by atoms with E-state index in [1.54, 1.807) is 22.7 Å². The van der Waals surface area contributed by atoms with Crippen LogP contribution >= 0.6 is 22.7 Å². The van der Waals surface area contributed by atoms with Crippen molar-refractivity contribution in [2.24, 2.45) is 0 Å². The third-order valence-corrected chi connectivity index (χ3v) is 20.8. The van der Waals surface area contributed by atoms with Crippen molar-refractivity contribution in [3.8, 4) is 57.1 Å². The second-order valence-electron chi connectivity index (χ2n) is 22.8. The van der Waals surface area contributed by atoms with Crippen LogP contribution in [0.15, 0.2) is 267 Å². The third-order valence-electron chi connectivity index (χ3n) is 18.4. The molecule has 0 radical (unpaired) electrons. The van der Waals surface area contributed by atoms with E-state index >= 15 is 0 Å². The van der Waals surface area contributed by atoms with Crippen LogP contribution in [-0.2, 0) is 0 Å². The van der Waals surface area contributed by atoms with Crippen LogP contribution in [0.25, 0.3) is 173 Å². The number of benzene rings is 13. The molecule has 6 heterocycles. The van der Waals surface area contributed by atoms with Crippen molar-refractivity contribution in [2.75, 3.05) is 0 Å². The Morgan fingerprint density at radius 1 is 0.261 bits per heavy atom. The molecule has 6 aromatic heterocycles. The van der Waals surface area contributed by atoms with Gasteiger partial charge in [-0.15, -0.1) is 22.7 Å². The van der Waals surface area contributed by atoms with Crippen LogP contribution in [-0.4, -0.2) is 18.3 Å². The van der Waals surface area contributed by atoms with Gasteiger partial charge in [-0.3, -0.25) is 0 Å². The number of nitrogens with zero attached hydrogens (tertiary/aromatic N) is 6. The van der Waals surface area contributed by atoms with Crippen LogP contribution in [0.4, 0.5) is 0 Å². The number of hydrogen-bond acceptors (Lipinski definition) is 4. The molecule has 0 aliphatic carbocycles. The quantitative estimate of drug-likeness (QED) is 0.166. The summed E-state index contributed by atoms with van der Waals surface area (Å²) in [7, 11) is 0. The Labute approximate surface area is 510 Å². The minimum absolute atomic E-state index is 0.400. The zero-order chi connectivity index (χ0) is 57.9. The lowest BCUT2D eigenvalue weighted by molar-refractivity contribution is 1.13. The number of aromatic nitrogens is 4. The van der Waals surface area contributed by atoms with Gasteiger partial charge in [-0.25, -0.2) is 0 Å². The molecule has 0 atom stereocenters. The zero-order valence-corrected chi connectivity index (χ0v) is 48.5. The molecule has 0 N–H and O–H groups in total. The molecule has 19 aromatic rings. The molecule has 6 nitrogen and oxygen atoms in total. The van der Waals surface area contributed by atoms with E-state index < -0.39 is 0 Å². The fourth-order valence-electron chi connectivity index (χ4n) is 15.0. The summed E-state index contributed by atoms with van der Waals surface area (Å²) in [5.74, 6) is 0. The topological polar surface area (TPSA) is 67.3 Å². The Morgan fingerprint density at radius 3 is 1.03 bits per heavy atom. The van der Waals surface area contributed by atoms with Gasteiger partial charge in [-0.2, -0.15) is 10.5 Å². The van der Waals surface area contributed by atoms with Crippen molar-refractivity contribution >= 4 is 150 Å². The summed E-state index contributed by atoms with van der Waals surface area (Å²) in [5, 5.41) is 39.0. The Kier molecular flexibility index (Phi) is 10.3. The van der Waals surface area contributed by atoms with E-state index in [4.69, 9.17) is 0 Å². The molecule has 0 saturated heterocycles. The molecule has 0 aliphatic rings. The minimum Gasteiger partial charge on any atom is -0.309 e. The molecule has 88 heavy (non-hydrogen) atoms. The number of para-hydroxylation sites is 6. The van der Waals surface area contributed by atoms with Crippen molar-refractivity contribution in [3.05, 3.63) is 278 Å². The average Bonchev–Trinajstić information content (AvgIpc) is 1.51. The molecule has 19 rings (SSSR count). The van der Waals surface area contributed by atoms with Crippen LogP contribution in [0.3, 0.4) is 0 Å². The predicted molar refractivity (Wildman–Crippen MR) is 370 cm³/mol. The number of hydrogen-bond donors (Lipinski definition) is 0. The van der Waals surface area contributed by atoms with Crippen molar-refractivity contribution < 1.29 is 0 Å². The molecule has 0 spiro atoms. The lowest BCUT2D eigenvalue weighted by atomic mass is 9.84. The number of fused-ring (bicyclic) bond motifs is 20. The molecule has 0 aliphatic heterocycles. The highest BCUT2D eigenvalue weighted by Crippen LogP contribution is 2.55. The summed E-state index contributed by atoms with van der Waals surface area (Å²) in [4.78, 5) is 0. The molecule has 0 fully saturated rings. The maximum atomic E-state index is 13.0. The second kappa shape index (κ2) is 18.5. The molecule has 0 saturated carbocycles. The summed E-state index contributed by atoms with van der Waals surface area (Å²) in [5.41, 5.74) is 15.2. The Morgan fingerprint density at radius 2 is 0.602 bits per heavy atom. The highest BCUT2D eigenvalue weighted by molar-refractivity contribution is 7.27. The first kappa shape index (κ1) is 48.8. The highest BCUT2D eigenvalue weighted by atomic mass is 32.1. The maximum Gasteiger partial charge on any atom is 0.102 e. The largest absolute Gasteiger partial charge is 0.309 e. The van der Waals surface area contributed by atoms with Crippen LogP contribution in [0.5, 0.6) is 0 Å². The Balaban J connectivity index is 1.13. The SMILES string of the molecule is N#Cc1c(-c2cccc3c2c2ccccc2n3-c2ccccc2)c(C#N)c(-n2c3ccccc3c3ccc4c5ccccc5sc4c32)c(-c2cccc3c2c2ccccc2n3-c2ccccc2)c1-n1c2ccccc2c2ccc3c4ccccc4sc3c21. The maximum absolute atomic E-state index is 13.0. The van der Waals surface area contributed by atoms with Gasteiger partial charge in [0.2, 0.25) is 0 Å². The summed E-state index contributed by atoms with van der Waals surface area (Å²) in [6.45, 7) is 0. The number of nitriles is 2. The molecule has 0 amide bonds. The van der Waals surface area contributed by atoms with Crippen LogP contribution in [0.2, 0.25) is 0 Å². The van der Waals surface area contributed by atoms with E-state index in [1.807, 2.05) is 6.07 Å². The molecule has 0 bridgehead atoms. The first-order valence-electron chi connectivity index (χ1n) is 29.5. The third kappa shape index (κ3) is 6.51. The smallest absolute Gasteiger partial charge is 0.102 e. The van der Waals surface area contributed by atoms with Crippen molar-refractivity contribution in [1.82, 2.24) is 18.3 Å². The fourth-order valence-corrected chi connectivity index (χ4v) is 17.5. The molecule has 0 unspecified atom stereocenters. The molecular weight excluding hydrogens is 1110 g/mol. The van der Waals surface area contributed by atoms with Crippen molar-refractivity contribution in [1.29, 1.82) is 10.5 Å². The van der Waals surface area contributed by atoms with E-state index in [2.05, 4.69) is 291 Å². The van der Waals surface area contributed by atoms with Crippen LogP contribution in [0.1, 0.15) is 11.1 Å². The van der Waals surface area contributed by atoms with Gasteiger partial charge in [0.05, 0.1) is 76.0 Å². The molecule has 13 aromatic carbocycles. The van der Waals surface area contributed by atoms with Gasteiger partial charge >= 0.3 is 0 Å². The fraction of sp³-hybridized carbons (Fsp3) is 0. The lowest BCUT2D eigenvalue weighted by Gasteiger charge is -2.26. The molecule has 406 valence electrons. The van der Waals surface area contributed by atoms with Crippen molar-refractivity contribution in [2.45, 2.75) is 0 Å². The van der Waals surface area contributed by atoms with E-state index in [0.717, 1.165) is 135 Å². The monoisotopic (exact) mass is 1150 g/mol. The van der Waals surface area contributed by atoms with E-state index in [1.165, 1.54) is 20.2 Å². The highest BCUT2D eigenvalue weighted by Gasteiger charge is 2.35. The standard InChI is InChI=1S/C80H44N6S2/c81-45-61-71(59-31-19-37-67-72(59)57-29-9-15-35-65(57)83(67)47-21-3-1-4-22-47)62(46-82)76(86-64-34-14-8-26-50(64)54-42-44-56-52-28-12-18-40-70(52)88-80(56)78(54)86)74(60-32-20-38-68-73(60)58-30-10-16-36-66(58)84(68)48-23-5-2-6-24-48)75(61)85-63-33-13-7-25-49(63)53-41-43-55-51-27-11-17-39-69(51)87-79(55)77(53)85/h1-44H. The predicted octanol–water partition coefficient (Wildman–Crippen LogP) is 21.9. The van der Waals surface area contributed by atoms with Crippen LogP contribution < -0.4 is 0 Å². The van der Waals surface area contributed by atoms with E-state index in [-0.39, 0.29) is 0 Å². The molecule has 8 heteroatoms. The first-order valence-corrected chi connectivity index (χ1v) is 31.2. The van der Waals surface area contributed by atoms with Gasteiger partial charge in [0.25, 0.3) is 0 Å².